The van der Waals surface area contributed by atoms with Gasteiger partial charge in [0.05, 0.1) is 23.2 Å². The molecule has 0 radical (unpaired) electrons. The summed E-state index contributed by atoms with van der Waals surface area (Å²) in [5.41, 5.74) is 2.26. The summed E-state index contributed by atoms with van der Waals surface area (Å²) in [7, 11) is 0. The molecule has 1 aromatic heterocycles. The second-order valence-corrected chi connectivity index (χ2v) is 10.8. The highest BCUT2D eigenvalue weighted by molar-refractivity contribution is 5.97. The Kier molecular flexibility index (Phi) is 10.6. The van der Waals surface area contributed by atoms with Crippen LogP contribution in [0.1, 0.15) is 62.9 Å². The predicted octanol–water partition coefficient (Wildman–Crippen LogP) is 5.15. The number of aliphatic hydroxyl groups is 1. The lowest BCUT2D eigenvalue weighted by Gasteiger charge is -2.28. The van der Waals surface area contributed by atoms with Gasteiger partial charge in [0, 0.05) is 24.0 Å². The zero-order valence-electron chi connectivity index (χ0n) is 22.5. The first-order chi connectivity index (χ1) is 17.7. The molecule has 0 bridgehead atoms. The largest absolute Gasteiger partial charge is 0.391 e. The van der Waals surface area contributed by atoms with Gasteiger partial charge in [0.15, 0.2) is 0 Å². The van der Waals surface area contributed by atoms with Crippen LogP contribution in [0.3, 0.4) is 0 Å². The number of rotatable bonds is 13. The first-order valence-electron chi connectivity index (χ1n) is 13.4. The molecule has 0 saturated carbocycles. The van der Waals surface area contributed by atoms with Crippen LogP contribution in [0.2, 0.25) is 0 Å². The van der Waals surface area contributed by atoms with Crippen molar-refractivity contribution in [2.24, 2.45) is 17.8 Å². The van der Waals surface area contributed by atoms with E-state index in [4.69, 9.17) is 0 Å². The summed E-state index contributed by atoms with van der Waals surface area (Å²) < 4.78 is 0. The summed E-state index contributed by atoms with van der Waals surface area (Å²) in [5, 5.41) is 18.3. The number of amides is 2. The Morgan fingerprint density at radius 1 is 0.919 bits per heavy atom. The molecule has 6 heteroatoms. The number of hydrogen-bond acceptors (Lipinski definition) is 4. The Hall–Kier alpha value is -3.25. The maximum absolute atomic E-state index is 13.3. The van der Waals surface area contributed by atoms with Crippen molar-refractivity contribution in [3.8, 4) is 0 Å². The molecule has 3 N–H and O–H groups in total. The van der Waals surface area contributed by atoms with Gasteiger partial charge in [0.1, 0.15) is 0 Å². The van der Waals surface area contributed by atoms with Gasteiger partial charge in [-0.3, -0.25) is 14.6 Å². The molecule has 198 valence electrons. The van der Waals surface area contributed by atoms with Crippen LogP contribution in [0.25, 0.3) is 10.9 Å². The maximum Gasteiger partial charge on any atom is 0.253 e. The van der Waals surface area contributed by atoms with Gasteiger partial charge >= 0.3 is 0 Å². The molecule has 0 fully saturated rings. The second-order valence-electron chi connectivity index (χ2n) is 10.8. The molecule has 0 saturated heterocycles. The quantitative estimate of drug-likeness (QED) is 0.301. The average Bonchev–Trinajstić information content (AvgIpc) is 2.87. The molecule has 3 rings (SSSR count). The van der Waals surface area contributed by atoms with E-state index in [0.717, 1.165) is 22.9 Å². The van der Waals surface area contributed by atoms with E-state index in [1.807, 2.05) is 60.7 Å². The SMILES string of the molecule is CC(C)CCNC(=O)[C@H](CC(C)C)C[C@H](O)C(Cc1ccccc1)NC(=O)c1cnc2ccccc2c1. The van der Waals surface area contributed by atoms with Crippen molar-refractivity contribution in [3.05, 3.63) is 78.0 Å². The smallest absolute Gasteiger partial charge is 0.253 e. The van der Waals surface area contributed by atoms with E-state index in [-0.39, 0.29) is 24.2 Å². The number of aromatic nitrogens is 1. The molecule has 1 heterocycles. The van der Waals surface area contributed by atoms with E-state index < -0.39 is 12.1 Å². The summed E-state index contributed by atoms with van der Waals surface area (Å²) >= 11 is 0. The first-order valence-corrected chi connectivity index (χ1v) is 13.4. The molecular formula is C31H41N3O3. The third kappa shape index (κ3) is 8.97. The number of carbonyl (C=O) groups is 2. The molecular weight excluding hydrogens is 462 g/mol. The summed E-state index contributed by atoms with van der Waals surface area (Å²) in [4.78, 5) is 30.7. The van der Waals surface area contributed by atoms with E-state index in [2.05, 4.69) is 43.3 Å². The highest BCUT2D eigenvalue weighted by atomic mass is 16.3. The van der Waals surface area contributed by atoms with E-state index in [9.17, 15) is 14.7 Å². The zero-order chi connectivity index (χ0) is 26.8. The fraction of sp³-hybridized carbons (Fsp3) is 0.452. The van der Waals surface area contributed by atoms with Crippen LogP contribution in [-0.4, -0.2) is 40.6 Å². The fourth-order valence-electron chi connectivity index (χ4n) is 4.56. The van der Waals surface area contributed by atoms with Crippen molar-refractivity contribution >= 4 is 22.7 Å². The maximum atomic E-state index is 13.3. The Labute approximate surface area is 220 Å². The van der Waals surface area contributed by atoms with Crippen LogP contribution >= 0.6 is 0 Å². The van der Waals surface area contributed by atoms with Gasteiger partial charge in [0.25, 0.3) is 5.91 Å². The van der Waals surface area contributed by atoms with Crippen molar-refractivity contribution < 1.29 is 14.7 Å². The number of nitrogens with one attached hydrogen (secondary N) is 2. The number of nitrogens with zero attached hydrogens (tertiary/aromatic N) is 1. The van der Waals surface area contributed by atoms with Crippen molar-refractivity contribution in [1.82, 2.24) is 15.6 Å². The fourth-order valence-corrected chi connectivity index (χ4v) is 4.56. The molecule has 2 aromatic carbocycles. The molecule has 2 amide bonds. The number of carbonyl (C=O) groups excluding carboxylic acids is 2. The van der Waals surface area contributed by atoms with E-state index in [0.29, 0.717) is 36.8 Å². The summed E-state index contributed by atoms with van der Waals surface area (Å²) in [6.45, 7) is 9.04. The molecule has 0 aliphatic rings. The minimum absolute atomic E-state index is 0.0306. The second kappa shape index (κ2) is 13.9. The topological polar surface area (TPSA) is 91.3 Å². The molecule has 0 aliphatic carbocycles. The minimum atomic E-state index is -0.892. The molecule has 0 aliphatic heterocycles. The molecule has 0 spiro atoms. The van der Waals surface area contributed by atoms with Crippen LogP contribution in [0, 0.1) is 17.8 Å². The van der Waals surface area contributed by atoms with Gasteiger partial charge in [-0.2, -0.15) is 0 Å². The molecule has 3 atom stereocenters. The molecule has 6 nitrogen and oxygen atoms in total. The summed E-state index contributed by atoms with van der Waals surface area (Å²) in [6.07, 6.45) is 2.99. The minimum Gasteiger partial charge on any atom is -0.391 e. The van der Waals surface area contributed by atoms with Crippen molar-refractivity contribution in [2.45, 2.75) is 65.5 Å². The van der Waals surface area contributed by atoms with Crippen LogP contribution in [-0.2, 0) is 11.2 Å². The Balaban J connectivity index is 1.77. The predicted molar refractivity (Wildman–Crippen MR) is 149 cm³/mol. The number of hydrogen-bond donors (Lipinski definition) is 3. The van der Waals surface area contributed by atoms with Crippen molar-refractivity contribution in [2.75, 3.05) is 6.54 Å². The van der Waals surface area contributed by atoms with Gasteiger partial charge < -0.3 is 15.7 Å². The lowest BCUT2D eigenvalue weighted by molar-refractivity contribution is -0.126. The average molecular weight is 504 g/mol. The van der Waals surface area contributed by atoms with Gasteiger partial charge in [-0.25, -0.2) is 0 Å². The standard InChI is InChI=1S/C31H41N3O3/c1-21(2)14-15-32-30(36)25(16-22(3)4)19-29(35)28(17-23-10-6-5-7-11-23)34-31(37)26-18-24-12-8-9-13-27(24)33-20-26/h5-13,18,20-22,25,28-29,35H,14-17,19H2,1-4H3,(H,32,36)(H,34,37)/t25-,28?,29+/m1/s1. The Morgan fingerprint density at radius 2 is 1.62 bits per heavy atom. The third-order valence-corrected chi connectivity index (χ3v) is 6.61. The normalized spacial score (nSPS) is 13.9. The lowest BCUT2D eigenvalue weighted by atomic mass is 9.87. The number of pyridine rings is 1. The van der Waals surface area contributed by atoms with Crippen LogP contribution in [0.5, 0.6) is 0 Å². The summed E-state index contributed by atoms with van der Waals surface area (Å²) in [6, 6.07) is 18.7. The van der Waals surface area contributed by atoms with Crippen LogP contribution < -0.4 is 10.6 Å². The highest BCUT2D eigenvalue weighted by Crippen LogP contribution is 2.21. The van der Waals surface area contributed by atoms with Gasteiger partial charge in [-0.05, 0) is 55.2 Å². The molecule has 1 unspecified atom stereocenters. The van der Waals surface area contributed by atoms with E-state index in [1.54, 1.807) is 6.20 Å². The number of aliphatic hydroxyl groups excluding tert-OH is 1. The Morgan fingerprint density at radius 3 is 2.32 bits per heavy atom. The van der Waals surface area contributed by atoms with Crippen LogP contribution in [0.4, 0.5) is 0 Å². The lowest BCUT2D eigenvalue weighted by Crippen LogP contribution is -2.47. The number of benzene rings is 2. The van der Waals surface area contributed by atoms with E-state index in [1.165, 1.54) is 0 Å². The number of fused-ring (bicyclic) bond motifs is 1. The Bertz CT molecular complexity index is 1150. The first kappa shape index (κ1) is 28.3. The van der Waals surface area contributed by atoms with Gasteiger partial charge in [0.2, 0.25) is 5.91 Å². The zero-order valence-corrected chi connectivity index (χ0v) is 22.5. The number of para-hydroxylation sites is 1. The monoisotopic (exact) mass is 503 g/mol. The van der Waals surface area contributed by atoms with Gasteiger partial charge in [-0.15, -0.1) is 0 Å². The van der Waals surface area contributed by atoms with Crippen LogP contribution in [0.15, 0.2) is 66.9 Å². The molecule has 37 heavy (non-hydrogen) atoms. The van der Waals surface area contributed by atoms with Crippen molar-refractivity contribution in [1.29, 1.82) is 0 Å². The van der Waals surface area contributed by atoms with Crippen molar-refractivity contribution in [3.63, 3.8) is 0 Å². The van der Waals surface area contributed by atoms with E-state index >= 15 is 0 Å². The van der Waals surface area contributed by atoms with Gasteiger partial charge in [-0.1, -0.05) is 76.2 Å². The molecule has 3 aromatic rings. The summed E-state index contributed by atoms with van der Waals surface area (Å²) in [5.74, 6) is 0.153. The third-order valence-electron chi connectivity index (χ3n) is 6.61. The highest BCUT2D eigenvalue weighted by Gasteiger charge is 2.29.